The smallest absolute Gasteiger partial charge is 0.325 e. The maximum Gasteiger partial charge on any atom is 0.416 e. The summed E-state index contributed by atoms with van der Waals surface area (Å²) in [6, 6.07) is 3.04. The van der Waals surface area contributed by atoms with E-state index >= 15 is 0 Å². The second kappa shape index (κ2) is 5.34. The van der Waals surface area contributed by atoms with E-state index in [1.807, 2.05) is 0 Å². The molecule has 106 valence electrons. The van der Waals surface area contributed by atoms with Gasteiger partial charge in [0.25, 0.3) is 0 Å². The Balaban J connectivity index is 2.36. The molecular weight excluding hydrogens is 289 g/mol. The van der Waals surface area contributed by atoms with E-state index in [0.717, 1.165) is 12.1 Å². The van der Waals surface area contributed by atoms with E-state index in [0.29, 0.717) is 5.01 Å². The Morgan fingerprint density at radius 1 is 1.40 bits per heavy atom. The van der Waals surface area contributed by atoms with Gasteiger partial charge < -0.3 is 5.73 Å². The van der Waals surface area contributed by atoms with Gasteiger partial charge in [-0.2, -0.15) is 13.2 Å². The molecule has 0 saturated carbocycles. The minimum absolute atomic E-state index is 0.207. The molecule has 0 aliphatic rings. The molecule has 0 fully saturated rings. The van der Waals surface area contributed by atoms with E-state index in [4.69, 9.17) is 5.73 Å². The second-order valence-electron chi connectivity index (χ2n) is 4.19. The molecule has 7 heteroatoms. The zero-order chi connectivity index (χ0) is 14.9. The van der Waals surface area contributed by atoms with Crippen LogP contribution in [0.4, 0.5) is 13.2 Å². The molecule has 0 saturated heterocycles. The predicted molar refractivity (Wildman–Crippen MR) is 69.6 cm³/mol. The first-order valence-corrected chi connectivity index (χ1v) is 6.58. The molecule has 0 aliphatic heterocycles. The number of rotatable bonds is 3. The molecule has 0 unspecified atom stereocenters. The molecule has 1 aromatic carbocycles. The highest BCUT2D eigenvalue weighted by atomic mass is 32.1. The number of nitrogens with two attached hydrogens (primary N) is 1. The third-order valence-electron chi connectivity index (χ3n) is 2.76. The van der Waals surface area contributed by atoms with Gasteiger partial charge in [0.1, 0.15) is 10.7 Å². The fourth-order valence-electron chi connectivity index (χ4n) is 1.74. The zero-order valence-corrected chi connectivity index (χ0v) is 11.3. The third-order valence-corrected chi connectivity index (χ3v) is 3.63. The summed E-state index contributed by atoms with van der Waals surface area (Å²) in [6.07, 6.45) is -4.42. The van der Waals surface area contributed by atoms with E-state index in [1.54, 1.807) is 5.38 Å². The maximum absolute atomic E-state index is 12.6. The third kappa shape index (κ3) is 2.88. The highest BCUT2D eigenvalue weighted by Gasteiger charge is 2.31. The Kier molecular flexibility index (Phi) is 3.92. The highest BCUT2D eigenvalue weighted by Crippen LogP contribution is 2.30. The summed E-state index contributed by atoms with van der Waals surface area (Å²) in [5.74, 6) is -0.396. The summed E-state index contributed by atoms with van der Waals surface area (Å²) < 4.78 is 37.7. The van der Waals surface area contributed by atoms with Crippen molar-refractivity contribution >= 4 is 17.1 Å². The molecule has 1 aromatic heterocycles. The van der Waals surface area contributed by atoms with Gasteiger partial charge in [-0.05, 0) is 24.6 Å². The van der Waals surface area contributed by atoms with Crippen LogP contribution in [0.25, 0.3) is 0 Å². The van der Waals surface area contributed by atoms with Crippen molar-refractivity contribution in [3.8, 4) is 0 Å². The van der Waals surface area contributed by atoms with Crippen molar-refractivity contribution in [1.29, 1.82) is 0 Å². The van der Waals surface area contributed by atoms with Gasteiger partial charge in [0.05, 0.1) is 5.56 Å². The number of thiazole rings is 1. The van der Waals surface area contributed by atoms with E-state index < -0.39 is 17.5 Å². The standard InChI is InChI=1S/C13H11F3N2OS/c1-7-4-8(13(14,15)16)2-3-9(7)12(19)10-6-20-11(5-17)18-10/h2-4,6H,5,17H2,1H3. The number of hydrogen-bond acceptors (Lipinski definition) is 4. The molecule has 2 aromatic rings. The van der Waals surface area contributed by atoms with Crippen LogP contribution in [0.2, 0.25) is 0 Å². The fraction of sp³-hybridized carbons (Fsp3) is 0.231. The highest BCUT2D eigenvalue weighted by molar-refractivity contribution is 7.09. The van der Waals surface area contributed by atoms with Crippen molar-refractivity contribution in [3.05, 3.63) is 51.0 Å². The van der Waals surface area contributed by atoms with Crippen LogP contribution >= 0.6 is 11.3 Å². The van der Waals surface area contributed by atoms with Crippen molar-refractivity contribution in [2.45, 2.75) is 19.6 Å². The van der Waals surface area contributed by atoms with E-state index in [2.05, 4.69) is 4.98 Å². The summed E-state index contributed by atoms with van der Waals surface area (Å²) in [4.78, 5) is 16.2. The Bertz CT molecular complexity index is 649. The van der Waals surface area contributed by atoms with E-state index in [-0.39, 0.29) is 23.4 Å². The number of carbonyl (C=O) groups is 1. The van der Waals surface area contributed by atoms with Crippen LogP contribution in [0.15, 0.2) is 23.6 Å². The number of alkyl halides is 3. The number of ketones is 1. The fourth-order valence-corrected chi connectivity index (χ4v) is 2.40. The first kappa shape index (κ1) is 14.7. The van der Waals surface area contributed by atoms with Crippen LogP contribution in [0, 0.1) is 6.92 Å². The van der Waals surface area contributed by atoms with Crippen LogP contribution in [0.3, 0.4) is 0 Å². The monoisotopic (exact) mass is 300 g/mol. The van der Waals surface area contributed by atoms with E-state index in [9.17, 15) is 18.0 Å². The lowest BCUT2D eigenvalue weighted by atomic mass is 10.0. The van der Waals surface area contributed by atoms with Gasteiger partial charge >= 0.3 is 6.18 Å². The quantitative estimate of drug-likeness (QED) is 0.886. The number of benzene rings is 1. The summed E-state index contributed by atoms with van der Waals surface area (Å²) in [5.41, 5.74) is 5.33. The molecule has 0 spiro atoms. The normalized spacial score (nSPS) is 11.7. The SMILES string of the molecule is Cc1cc(C(F)(F)F)ccc1C(=O)c1csc(CN)n1. The van der Waals surface area contributed by atoms with Gasteiger partial charge in [-0.25, -0.2) is 4.98 Å². The number of halogens is 3. The molecular formula is C13H11F3N2OS. The zero-order valence-electron chi connectivity index (χ0n) is 10.5. The molecule has 2 rings (SSSR count). The van der Waals surface area contributed by atoms with Crippen LogP contribution < -0.4 is 5.73 Å². The van der Waals surface area contributed by atoms with Gasteiger partial charge in [0.2, 0.25) is 5.78 Å². The Hall–Kier alpha value is -1.73. The van der Waals surface area contributed by atoms with Crippen molar-refractivity contribution in [3.63, 3.8) is 0 Å². The lowest BCUT2D eigenvalue weighted by Gasteiger charge is -2.09. The van der Waals surface area contributed by atoms with Gasteiger partial charge in [-0.3, -0.25) is 4.79 Å². The minimum Gasteiger partial charge on any atom is -0.325 e. The first-order chi connectivity index (χ1) is 9.32. The lowest BCUT2D eigenvalue weighted by molar-refractivity contribution is -0.137. The van der Waals surface area contributed by atoms with Crippen molar-refractivity contribution in [1.82, 2.24) is 4.98 Å². The van der Waals surface area contributed by atoms with Gasteiger partial charge in [-0.1, -0.05) is 6.07 Å². The number of aryl methyl sites for hydroxylation is 1. The summed E-state index contributed by atoms with van der Waals surface area (Å²) in [6.45, 7) is 1.70. The summed E-state index contributed by atoms with van der Waals surface area (Å²) in [7, 11) is 0. The van der Waals surface area contributed by atoms with Crippen LogP contribution in [-0.4, -0.2) is 10.8 Å². The van der Waals surface area contributed by atoms with Gasteiger partial charge in [0.15, 0.2) is 0 Å². The molecule has 2 N–H and O–H groups in total. The molecule has 1 heterocycles. The molecule has 0 atom stereocenters. The average Bonchev–Trinajstić information content (AvgIpc) is 2.85. The summed E-state index contributed by atoms with van der Waals surface area (Å²) >= 11 is 1.25. The largest absolute Gasteiger partial charge is 0.416 e. The van der Waals surface area contributed by atoms with Crippen molar-refractivity contribution in [2.75, 3.05) is 0 Å². The Morgan fingerprint density at radius 3 is 2.60 bits per heavy atom. The van der Waals surface area contributed by atoms with Crippen molar-refractivity contribution < 1.29 is 18.0 Å². The molecule has 20 heavy (non-hydrogen) atoms. The molecule has 3 nitrogen and oxygen atoms in total. The van der Waals surface area contributed by atoms with E-state index in [1.165, 1.54) is 24.3 Å². The van der Waals surface area contributed by atoms with Crippen LogP contribution in [0.5, 0.6) is 0 Å². The number of hydrogen-bond donors (Lipinski definition) is 1. The Morgan fingerprint density at radius 2 is 2.10 bits per heavy atom. The van der Waals surface area contributed by atoms with Crippen LogP contribution in [-0.2, 0) is 12.7 Å². The molecule has 0 radical (unpaired) electrons. The molecule has 0 bridgehead atoms. The topological polar surface area (TPSA) is 56.0 Å². The minimum atomic E-state index is -4.42. The second-order valence-corrected chi connectivity index (χ2v) is 5.13. The van der Waals surface area contributed by atoms with Gasteiger partial charge in [0, 0.05) is 17.5 Å². The first-order valence-electron chi connectivity index (χ1n) is 5.70. The molecule has 0 aliphatic carbocycles. The Labute approximate surface area is 117 Å². The number of aromatic nitrogens is 1. The number of carbonyl (C=O) groups excluding carboxylic acids is 1. The van der Waals surface area contributed by atoms with Crippen LogP contribution in [0.1, 0.15) is 32.2 Å². The van der Waals surface area contributed by atoms with Gasteiger partial charge in [-0.15, -0.1) is 11.3 Å². The lowest BCUT2D eigenvalue weighted by Crippen LogP contribution is -2.09. The predicted octanol–water partition coefficient (Wildman–Crippen LogP) is 3.16. The number of nitrogens with zero attached hydrogens (tertiary/aromatic N) is 1. The van der Waals surface area contributed by atoms with Crippen molar-refractivity contribution in [2.24, 2.45) is 5.73 Å². The average molecular weight is 300 g/mol. The molecule has 0 amide bonds. The summed E-state index contributed by atoms with van der Waals surface area (Å²) in [5, 5.41) is 2.17. The maximum atomic E-state index is 12.6.